The highest BCUT2D eigenvalue weighted by Crippen LogP contribution is 2.49. The fraction of sp³-hybridized carbons (Fsp3) is 0.375. The predicted molar refractivity (Wildman–Crippen MR) is 415 cm³/mol. The lowest BCUT2D eigenvalue weighted by atomic mass is 9.88. The Kier molecular flexibility index (Phi) is 26.8. The van der Waals surface area contributed by atoms with Crippen molar-refractivity contribution in [2.75, 3.05) is 33.5 Å². The van der Waals surface area contributed by atoms with E-state index in [1.54, 1.807) is 19.1 Å². The van der Waals surface area contributed by atoms with Gasteiger partial charge in [0.25, 0.3) is 0 Å². The summed E-state index contributed by atoms with van der Waals surface area (Å²) in [6.07, 6.45) is -15.7. The number of primary amides is 1. The number of aliphatic carboxylic acids is 1. The Morgan fingerprint density at radius 1 is 0.667 bits per heavy atom. The zero-order valence-corrected chi connectivity index (χ0v) is 65.2. The first kappa shape index (κ1) is 85.8. The molecule has 0 unspecified atom stereocenters. The van der Waals surface area contributed by atoms with Crippen LogP contribution < -0.4 is 62.5 Å². The van der Waals surface area contributed by atoms with Gasteiger partial charge in [0.2, 0.25) is 47.1 Å². The maximum atomic E-state index is 16.1. The number of hydrogen-bond acceptors (Lipinski definition) is 26. The standard InChI is InChI=1S/C80H86Cl3N9O25/c1-34(2)21-48(85-4)72(103)91-64-66(99)39-12-17-52(46(82)23-39)114-54-25-41-26-55(70(54)111-19-20-112-79-71(69(102)68(101)56(32-93)116-79)117-59-30-80(3,57(97)33-113-59)86-31-35-5-7-36(8-6-35)37-9-14-42(81)15-10-37)115-53-18-13-40(24-47(53)83)67(100)65-77(108)90-63(78(109)110)45-27-43(94)28-51(96)60(45)44-22-38(11-16-50(44)95)61(74(105)92-65)89-75(106)62(41)88-73(104)49(29-58(84)98)87-76(64)107/h5-18,22-28,34,48-49,56-57,59,61-69,71,79,85-86,93-97,99-102H,19-21,29-33H2,1-4H3,(H2,84,98)(H,87,107)(H,88,104)(H,89,106)(H,90,108)(H,91,103)(H,92,105)(H,109,110)/t48-,49+,56-,57-,59+,61-,62-,63+,64-,65+,66-,67-,68-,69+,71-,79-,80+/m1/s1. The summed E-state index contributed by atoms with van der Waals surface area (Å²) in [6.45, 7) is 3.42. The number of aliphatic hydroxyl groups is 6. The molecule has 2 saturated heterocycles. The molecule has 20 N–H and O–H groups in total. The number of amides is 7. The Morgan fingerprint density at radius 2 is 1.28 bits per heavy atom. The van der Waals surface area contributed by atoms with Crippen molar-refractivity contribution >= 4 is 82.1 Å². The van der Waals surface area contributed by atoms with Crippen molar-refractivity contribution in [1.29, 1.82) is 0 Å². The van der Waals surface area contributed by atoms with Crippen molar-refractivity contribution in [1.82, 2.24) is 42.5 Å². The number of phenolic OH excluding ortho intramolecular Hbond substituents is 3. The molecule has 0 spiro atoms. The monoisotopic (exact) mass is 1680 g/mol. The zero-order chi connectivity index (χ0) is 84.2. The number of halogens is 3. The molecule has 0 saturated carbocycles. The minimum absolute atomic E-state index is 0.0418. The molecule has 117 heavy (non-hydrogen) atoms. The minimum atomic E-state index is -2.29. The van der Waals surface area contributed by atoms with Gasteiger partial charge in [0, 0.05) is 46.3 Å². The van der Waals surface area contributed by atoms with Crippen molar-refractivity contribution in [2.24, 2.45) is 11.7 Å². The van der Waals surface area contributed by atoms with E-state index in [0.29, 0.717) is 5.02 Å². The summed E-state index contributed by atoms with van der Waals surface area (Å²) in [5.41, 5.74) is 4.77. The fourth-order valence-electron chi connectivity index (χ4n) is 14.3. The molecule has 17 atom stereocenters. The highest BCUT2D eigenvalue weighted by Gasteiger charge is 2.50. The first-order valence-corrected chi connectivity index (χ1v) is 38.1. The molecule has 14 rings (SSSR count). The molecule has 622 valence electrons. The zero-order valence-electron chi connectivity index (χ0n) is 62.9. The second-order valence-electron chi connectivity index (χ2n) is 29.3. The Hall–Kier alpha value is -10.5. The van der Waals surface area contributed by atoms with E-state index in [9.17, 15) is 75.0 Å². The van der Waals surface area contributed by atoms with E-state index in [-0.39, 0.29) is 70.1 Å². The van der Waals surface area contributed by atoms with Crippen LogP contribution in [0.4, 0.5) is 0 Å². The number of phenols is 3. The number of hydrogen-bond donors (Lipinski definition) is 19. The van der Waals surface area contributed by atoms with Gasteiger partial charge in [-0.05, 0) is 132 Å². The largest absolute Gasteiger partial charge is 0.508 e. The molecular weight excluding hydrogens is 1590 g/mol. The number of aliphatic hydroxyl groups excluding tert-OH is 6. The van der Waals surface area contributed by atoms with Crippen LogP contribution >= 0.6 is 34.8 Å². The predicted octanol–water partition coefficient (Wildman–Crippen LogP) is 3.89. The number of aromatic hydroxyl groups is 3. The molecule has 2 fully saturated rings. The number of carbonyl (C=O) groups is 8. The molecule has 7 aromatic rings. The average molecular weight is 1680 g/mol. The molecule has 7 amide bonds. The van der Waals surface area contributed by atoms with Crippen molar-refractivity contribution in [2.45, 2.75) is 150 Å². The van der Waals surface area contributed by atoms with Gasteiger partial charge in [-0.2, -0.15) is 0 Å². The smallest absolute Gasteiger partial charge is 0.330 e. The Labute approximate surface area is 682 Å². The van der Waals surface area contributed by atoms with Gasteiger partial charge in [-0.15, -0.1) is 0 Å². The molecular formula is C80H86Cl3N9O25. The van der Waals surface area contributed by atoms with Crippen LogP contribution in [0.15, 0.2) is 127 Å². The van der Waals surface area contributed by atoms with Gasteiger partial charge in [0.1, 0.15) is 102 Å². The topological polar surface area (TPSA) is 526 Å². The SMILES string of the molecule is CN[C@H](CC(C)C)C(=O)N[C@H]1C(=O)N[C@@H](CC(N)=O)C(=O)N[C@H]2C(=O)N[C@H]3C(=O)N[C@H](C(=O)N[C@H](C(=O)O)c4cc(O)cc(O)c4-c4cc3ccc4O)[C@H](O)c3ccc(c(Cl)c3)Oc3cc2cc(c3OCCO[C@@H]2O[C@H](CO)[C@@H](O)[C@H](O)[C@H]2O[C@H]2C[C@](C)(NCc3ccc(-c4ccc(Cl)cc4)cc3)[C@H](O)CO2)Oc2ccc(cc2Cl)[C@H]1O. The van der Waals surface area contributed by atoms with Crippen molar-refractivity contribution in [3.63, 3.8) is 0 Å². The molecule has 11 bridgehead atoms. The van der Waals surface area contributed by atoms with E-state index in [1.165, 1.54) is 37.4 Å². The average Bonchev–Trinajstić information content (AvgIpc) is 0.766. The van der Waals surface area contributed by atoms with Crippen molar-refractivity contribution in [3.8, 4) is 68.2 Å². The van der Waals surface area contributed by atoms with Gasteiger partial charge in [0.15, 0.2) is 30.1 Å². The molecule has 0 aliphatic carbocycles. The Balaban J connectivity index is 0.957. The van der Waals surface area contributed by atoms with Crippen LogP contribution in [0, 0.1) is 5.92 Å². The summed E-state index contributed by atoms with van der Waals surface area (Å²) in [6, 6.07) is 15.1. The third-order valence-corrected chi connectivity index (χ3v) is 21.5. The number of carbonyl (C=O) groups excluding carboxylic acids is 7. The van der Waals surface area contributed by atoms with E-state index in [4.69, 9.17) is 73.7 Å². The molecule has 0 aromatic heterocycles. The number of ether oxygens (including phenoxy) is 7. The van der Waals surface area contributed by atoms with Crippen LogP contribution in [0.25, 0.3) is 22.3 Å². The fourth-order valence-corrected chi connectivity index (χ4v) is 14.8. The lowest BCUT2D eigenvalue weighted by Crippen LogP contribution is -2.63. The summed E-state index contributed by atoms with van der Waals surface area (Å²) in [7, 11) is 1.48. The highest BCUT2D eigenvalue weighted by atomic mass is 35.5. The van der Waals surface area contributed by atoms with Crippen LogP contribution in [0.3, 0.4) is 0 Å². The van der Waals surface area contributed by atoms with Crippen LogP contribution in [0.5, 0.6) is 46.0 Å². The molecule has 0 radical (unpaired) electrons. The third kappa shape index (κ3) is 19.4. The van der Waals surface area contributed by atoms with Crippen molar-refractivity contribution < 1.29 is 123 Å². The molecule has 7 aliphatic rings. The molecule has 7 heterocycles. The number of likely N-dealkylation sites (N-methyl/N-ethyl adjacent to an activating group) is 1. The second-order valence-corrected chi connectivity index (χ2v) is 30.6. The minimum Gasteiger partial charge on any atom is -0.508 e. The number of nitrogens with two attached hydrogens (primary N) is 1. The second kappa shape index (κ2) is 36.6. The normalized spacial score (nSPS) is 26.3. The molecule has 7 aromatic carbocycles. The van der Waals surface area contributed by atoms with Crippen LogP contribution in [0.2, 0.25) is 15.1 Å². The van der Waals surface area contributed by atoms with E-state index in [1.807, 2.05) is 50.2 Å². The number of rotatable bonds is 20. The third-order valence-electron chi connectivity index (χ3n) is 20.7. The lowest BCUT2D eigenvalue weighted by molar-refractivity contribution is -0.342. The Bertz CT molecular complexity index is 4920. The number of fused-ring (bicyclic) bond motifs is 15. The van der Waals surface area contributed by atoms with Gasteiger partial charge in [-0.1, -0.05) is 103 Å². The molecule has 37 heteroatoms. The van der Waals surface area contributed by atoms with Crippen molar-refractivity contribution in [3.05, 3.63) is 176 Å². The summed E-state index contributed by atoms with van der Waals surface area (Å²) in [5.74, 6) is -15.2. The van der Waals surface area contributed by atoms with Gasteiger partial charge in [-0.25, -0.2) is 4.79 Å². The highest BCUT2D eigenvalue weighted by molar-refractivity contribution is 6.32. The van der Waals surface area contributed by atoms with Gasteiger partial charge in [0.05, 0.1) is 48.4 Å². The van der Waals surface area contributed by atoms with Crippen LogP contribution in [-0.2, 0) is 63.8 Å². The van der Waals surface area contributed by atoms with Gasteiger partial charge in [-0.3, -0.25) is 33.6 Å². The summed E-state index contributed by atoms with van der Waals surface area (Å²) in [4.78, 5) is 117. The van der Waals surface area contributed by atoms with Crippen LogP contribution in [-0.4, -0.2) is 205 Å². The number of benzene rings is 7. The van der Waals surface area contributed by atoms with Gasteiger partial charge >= 0.3 is 5.97 Å². The van der Waals surface area contributed by atoms with Crippen LogP contribution in [0.1, 0.15) is 104 Å². The molecule has 7 aliphatic heterocycles. The number of carboxylic acid groups (broad SMARTS) is 1. The van der Waals surface area contributed by atoms with E-state index >= 15 is 14.4 Å². The summed E-state index contributed by atoms with van der Waals surface area (Å²) >= 11 is 20.3. The summed E-state index contributed by atoms with van der Waals surface area (Å²) < 4.78 is 44.5. The Morgan fingerprint density at radius 3 is 1.90 bits per heavy atom. The van der Waals surface area contributed by atoms with E-state index in [2.05, 4.69) is 42.5 Å². The molecule has 34 nitrogen and oxygen atoms in total. The quantitative estimate of drug-likeness (QED) is 0.0481. The first-order chi connectivity index (χ1) is 55.7. The van der Waals surface area contributed by atoms with E-state index < -0.39 is 233 Å². The number of nitrogens with one attached hydrogen (secondary N) is 8. The lowest BCUT2D eigenvalue weighted by Gasteiger charge is -2.46. The van der Waals surface area contributed by atoms with Gasteiger partial charge < -0.3 is 132 Å². The maximum Gasteiger partial charge on any atom is 0.330 e. The summed E-state index contributed by atoms with van der Waals surface area (Å²) in [5, 5.41) is 135. The first-order valence-electron chi connectivity index (χ1n) is 37.0. The van der Waals surface area contributed by atoms with E-state index in [0.717, 1.165) is 65.2 Å². The maximum absolute atomic E-state index is 16.1. The number of carboxylic acids is 1.